The second kappa shape index (κ2) is 11.3. The average molecular weight is 556 g/mol. The van der Waals surface area contributed by atoms with Gasteiger partial charge < -0.3 is 20.6 Å². The van der Waals surface area contributed by atoms with E-state index in [1.807, 2.05) is 0 Å². The van der Waals surface area contributed by atoms with Gasteiger partial charge in [0.1, 0.15) is 11.7 Å². The monoisotopic (exact) mass is 555 g/mol. The molecular formula is C29H22ClN5O5. The summed E-state index contributed by atoms with van der Waals surface area (Å²) >= 11 is 6.13. The lowest BCUT2D eigenvalue weighted by Gasteiger charge is -2.29. The maximum Gasteiger partial charge on any atom is 0.337 e. The van der Waals surface area contributed by atoms with Crippen molar-refractivity contribution in [1.29, 1.82) is 0 Å². The number of carbonyl (C=O) groups is 4. The highest BCUT2D eigenvalue weighted by molar-refractivity contribution is 6.31. The number of aromatic carboxylic acids is 1. The summed E-state index contributed by atoms with van der Waals surface area (Å²) in [4.78, 5) is 61.6. The van der Waals surface area contributed by atoms with Crippen molar-refractivity contribution in [1.82, 2.24) is 14.9 Å². The van der Waals surface area contributed by atoms with Crippen LogP contribution in [0.2, 0.25) is 5.02 Å². The van der Waals surface area contributed by atoms with E-state index in [-0.39, 0.29) is 35.5 Å². The maximum atomic E-state index is 13.8. The Balaban J connectivity index is 1.52. The molecule has 0 unspecified atom stereocenters. The topological polar surface area (TPSA) is 142 Å². The molecular weight excluding hydrogens is 534 g/mol. The van der Waals surface area contributed by atoms with Gasteiger partial charge in [-0.25, -0.2) is 4.79 Å². The minimum Gasteiger partial charge on any atom is -0.478 e. The number of nitrogens with zero attached hydrogens (tertiary/aromatic N) is 3. The third kappa shape index (κ3) is 5.67. The lowest BCUT2D eigenvalue weighted by Crippen LogP contribution is -2.46. The standard InChI is InChI=1S/C29H22ClN5O5/c30-18-8-10-20-24(14-18)34-27(37)25(15-19-5-1-3-11-31-19)35(28(20)38)16-17-7-9-21(29(39)40)23(13-17)33-26(36)22-6-2-4-12-32-22/h1-14,25H,15-16H2,(H,33,36)(H,34,37)(H,39,40)/t25-/m1/s1. The van der Waals surface area contributed by atoms with E-state index in [9.17, 15) is 24.3 Å². The number of anilines is 2. The number of amides is 3. The first-order chi connectivity index (χ1) is 19.3. The van der Waals surface area contributed by atoms with Gasteiger partial charge in [0.15, 0.2) is 0 Å². The van der Waals surface area contributed by atoms with Crippen molar-refractivity contribution in [2.75, 3.05) is 10.6 Å². The molecule has 40 heavy (non-hydrogen) atoms. The first-order valence-corrected chi connectivity index (χ1v) is 12.6. The van der Waals surface area contributed by atoms with Gasteiger partial charge in [0, 0.05) is 36.1 Å². The minimum absolute atomic E-state index is 0.0285. The Bertz CT molecular complexity index is 1610. The fourth-order valence-corrected chi connectivity index (χ4v) is 4.59. The molecule has 0 spiro atoms. The Kier molecular flexibility index (Phi) is 7.52. The highest BCUT2D eigenvalue weighted by atomic mass is 35.5. The summed E-state index contributed by atoms with van der Waals surface area (Å²) < 4.78 is 0. The third-order valence-electron chi connectivity index (χ3n) is 6.35. The second-order valence-corrected chi connectivity index (χ2v) is 9.44. The molecule has 2 aromatic heterocycles. The number of pyridine rings is 2. The van der Waals surface area contributed by atoms with Crippen molar-refractivity contribution in [3.63, 3.8) is 0 Å². The Morgan fingerprint density at radius 2 is 1.75 bits per heavy atom. The average Bonchev–Trinajstić information content (AvgIpc) is 3.04. The van der Waals surface area contributed by atoms with Crippen LogP contribution in [-0.4, -0.2) is 49.7 Å². The summed E-state index contributed by atoms with van der Waals surface area (Å²) in [5.74, 6) is -2.69. The van der Waals surface area contributed by atoms with Crippen molar-refractivity contribution < 1.29 is 24.3 Å². The van der Waals surface area contributed by atoms with E-state index in [4.69, 9.17) is 11.6 Å². The van der Waals surface area contributed by atoms with Gasteiger partial charge in [0.25, 0.3) is 11.8 Å². The molecule has 3 amide bonds. The molecule has 11 heteroatoms. The van der Waals surface area contributed by atoms with E-state index in [1.54, 1.807) is 48.7 Å². The maximum absolute atomic E-state index is 13.8. The zero-order chi connectivity index (χ0) is 28.2. The van der Waals surface area contributed by atoms with Crippen molar-refractivity contribution >= 4 is 46.7 Å². The Morgan fingerprint density at radius 1 is 0.975 bits per heavy atom. The van der Waals surface area contributed by atoms with E-state index >= 15 is 0 Å². The molecule has 200 valence electrons. The predicted molar refractivity (Wildman–Crippen MR) is 147 cm³/mol. The lowest BCUT2D eigenvalue weighted by atomic mass is 10.0. The van der Waals surface area contributed by atoms with Gasteiger partial charge >= 0.3 is 5.97 Å². The molecule has 0 aliphatic carbocycles. The number of carboxylic acids is 1. The largest absolute Gasteiger partial charge is 0.478 e. The number of fused-ring (bicyclic) bond motifs is 1. The number of carbonyl (C=O) groups excluding carboxylic acids is 3. The van der Waals surface area contributed by atoms with Crippen LogP contribution in [0.1, 0.15) is 42.5 Å². The van der Waals surface area contributed by atoms with E-state index in [1.165, 1.54) is 41.4 Å². The second-order valence-electron chi connectivity index (χ2n) is 9.01. The van der Waals surface area contributed by atoms with Gasteiger partial charge in [-0.2, -0.15) is 0 Å². The van der Waals surface area contributed by atoms with Crippen LogP contribution in [0.4, 0.5) is 11.4 Å². The number of rotatable bonds is 7. The SMILES string of the molecule is O=C(Nc1cc(CN2C(=O)c3ccc(Cl)cc3NC(=O)[C@H]2Cc2ccccn2)ccc1C(=O)O)c1ccccn1. The molecule has 2 aromatic carbocycles. The van der Waals surface area contributed by atoms with Gasteiger partial charge in [-0.3, -0.25) is 24.4 Å². The van der Waals surface area contributed by atoms with Crippen LogP contribution in [0.25, 0.3) is 0 Å². The molecule has 0 saturated carbocycles. The van der Waals surface area contributed by atoms with Crippen LogP contribution in [-0.2, 0) is 17.8 Å². The number of hydrogen-bond donors (Lipinski definition) is 3. The first-order valence-electron chi connectivity index (χ1n) is 12.2. The summed E-state index contributed by atoms with van der Waals surface area (Å²) in [6.07, 6.45) is 3.19. The van der Waals surface area contributed by atoms with E-state index in [0.717, 1.165) is 0 Å². The van der Waals surface area contributed by atoms with Gasteiger partial charge in [0.2, 0.25) is 5.91 Å². The molecule has 3 heterocycles. The molecule has 1 aliphatic rings. The predicted octanol–water partition coefficient (Wildman–Crippen LogP) is 4.29. The Morgan fingerprint density at radius 3 is 2.45 bits per heavy atom. The Hall–Kier alpha value is -5.09. The summed E-state index contributed by atoms with van der Waals surface area (Å²) in [6, 6.07) is 18.1. The number of carboxylic acid groups (broad SMARTS) is 1. The molecule has 10 nitrogen and oxygen atoms in total. The molecule has 0 saturated heterocycles. The van der Waals surface area contributed by atoms with E-state index < -0.39 is 29.7 Å². The number of aromatic nitrogens is 2. The van der Waals surface area contributed by atoms with Crippen LogP contribution in [0.3, 0.4) is 0 Å². The quantitative estimate of drug-likeness (QED) is 0.309. The van der Waals surface area contributed by atoms with Crippen LogP contribution >= 0.6 is 11.6 Å². The highest BCUT2D eigenvalue weighted by Gasteiger charge is 2.36. The van der Waals surface area contributed by atoms with Gasteiger partial charge in [-0.05, 0) is 60.2 Å². The van der Waals surface area contributed by atoms with Gasteiger partial charge in [-0.1, -0.05) is 29.8 Å². The van der Waals surface area contributed by atoms with Crippen LogP contribution < -0.4 is 10.6 Å². The van der Waals surface area contributed by atoms with Crippen LogP contribution in [0.15, 0.2) is 85.2 Å². The smallest absolute Gasteiger partial charge is 0.337 e. The molecule has 1 atom stereocenters. The zero-order valence-corrected chi connectivity index (χ0v) is 21.6. The molecule has 4 aromatic rings. The van der Waals surface area contributed by atoms with Crippen LogP contribution in [0, 0.1) is 0 Å². The van der Waals surface area contributed by atoms with Crippen LogP contribution in [0.5, 0.6) is 0 Å². The summed E-state index contributed by atoms with van der Waals surface area (Å²) in [6.45, 7) is -0.0574. The van der Waals surface area contributed by atoms with E-state index in [0.29, 0.717) is 22.0 Å². The van der Waals surface area contributed by atoms with Crippen molar-refractivity contribution in [3.05, 3.63) is 118 Å². The molecule has 0 fully saturated rings. The fraction of sp³-hybridized carbons (Fsp3) is 0.103. The normalized spacial score (nSPS) is 14.6. The van der Waals surface area contributed by atoms with Crippen molar-refractivity contribution in [2.45, 2.75) is 19.0 Å². The number of benzene rings is 2. The summed E-state index contributed by atoms with van der Waals surface area (Å²) in [5, 5.41) is 15.5. The summed E-state index contributed by atoms with van der Waals surface area (Å²) in [5.41, 5.74) is 1.64. The first kappa shape index (κ1) is 26.5. The summed E-state index contributed by atoms with van der Waals surface area (Å²) in [7, 11) is 0. The lowest BCUT2D eigenvalue weighted by molar-refractivity contribution is -0.120. The third-order valence-corrected chi connectivity index (χ3v) is 6.59. The van der Waals surface area contributed by atoms with Gasteiger partial charge in [0.05, 0.1) is 22.5 Å². The molecule has 0 radical (unpaired) electrons. The number of hydrogen-bond acceptors (Lipinski definition) is 6. The zero-order valence-electron chi connectivity index (χ0n) is 20.9. The van der Waals surface area contributed by atoms with Gasteiger partial charge in [-0.15, -0.1) is 0 Å². The fourth-order valence-electron chi connectivity index (χ4n) is 4.42. The molecule has 1 aliphatic heterocycles. The molecule has 3 N–H and O–H groups in total. The number of nitrogens with one attached hydrogen (secondary N) is 2. The Labute approximate surface area is 233 Å². The van der Waals surface area contributed by atoms with Crippen molar-refractivity contribution in [2.24, 2.45) is 0 Å². The van der Waals surface area contributed by atoms with Crippen molar-refractivity contribution in [3.8, 4) is 0 Å². The van der Waals surface area contributed by atoms with E-state index in [2.05, 4.69) is 20.6 Å². The number of halogens is 1. The highest BCUT2D eigenvalue weighted by Crippen LogP contribution is 2.29. The molecule has 0 bridgehead atoms. The molecule has 5 rings (SSSR count). The minimum atomic E-state index is -1.24.